The van der Waals surface area contributed by atoms with E-state index in [4.69, 9.17) is 0 Å². The Balaban J connectivity index is 1.99. The van der Waals surface area contributed by atoms with Crippen molar-refractivity contribution in [1.29, 1.82) is 0 Å². The van der Waals surface area contributed by atoms with Gasteiger partial charge in [-0.25, -0.2) is 0 Å². The molecule has 1 aliphatic heterocycles. The number of likely N-dealkylation sites (tertiary alicyclic amines) is 1. The van der Waals surface area contributed by atoms with Crippen LogP contribution in [0.3, 0.4) is 0 Å². The molecular formula is C16H25F3N4O. The second kappa shape index (κ2) is 7.13. The van der Waals surface area contributed by atoms with Crippen molar-refractivity contribution in [2.24, 2.45) is 18.9 Å². The number of nitrogens with zero attached hydrogens (tertiary/aromatic N) is 3. The maximum Gasteiger partial charge on any atom is 0.435 e. The van der Waals surface area contributed by atoms with Crippen LogP contribution in [0, 0.1) is 11.8 Å². The maximum absolute atomic E-state index is 13.0. The number of carbonyl (C=O) groups excluding carboxylic acids is 1. The van der Waals surface area contributed by atoms with E-state index in [9.17, 15) is 18.0 Å². The summed E-state index contributed by atoms with van der Waals surface area (Å²) in [5, 5.41) is 6.03. The minimum absolute atomic E-state index is 0.240. The summed E-state index contributed by atoms with van der Waals surface area (Å²) in [6.07, 6.45) is -2.35. The quantitative estimate of drug-likeness (QED) is 0.911. The van der Waals surface area contributed by atoms with Gasteiger partial charge < -0.3 is 10.2 Å². The van der Waals surface area contributed by atoms with E-state index in [2.05, 4.69) is 29.2 Å². The topological polar surface area (TPSA) is 50.2 Å². The lowest BCUT2D eigenvalue weighted by Crippen LogP contribution is -2.47. The largest absolute Gasteiger partial charge is 0.435 e. The van der Waals surface area contributed by atoms with Crippen molar-refractivity contribution in [1.82, 2.24) is 20.0 Å². The molecule has 2 heterocycles. The zero-order valence-corrected chi connectivity index (χ0v) is 14.5. The Morgan fingerprint density at radius 1 is 1.38 bits per heavy atom. The summed E-state index contributed by atoms with van der Waals surface area (Å²) >= 11 is 0. The van der Waals surface area contributed by atoms with Crippen LogP contribution in [0.1, 0.15) is 43.2 Å². The first-order valence-corrected chi connectivity index (χ1v) is 8.20. The summed E-state index contributed by atoms with van der Waals surface area (Å²) in [6.45, 7) is 8.72. The molecule has 24 heavy (non-hydrogen) atoms. The second-order valence-electron chi connectivity index (χ2n) is 7.10. The number of amides is 1. The number of piperidine rings is 1. The number of nitrogens with one attached hydrogen (secondary N) is 1. The van der Waals surface area contributed by atoms with Crippen molar-refractivity contribution in [3.63, 3.8) is 0 Å². The predicted molar refractivity (Wildman–Crippen MR) is 84.5 cm³/mol. The van der Waals surface area contributed by atoms with Crippen LogP contribution in [-0.4, -0.2) is 46.3 Å². The summed E-state index contributed by atoms with van der Waals surface area (Å²) < 4.78 is 39.9. The fourth-order valence-electron chi connectivity index (χ4n) is 3.54. The first kappa shape index (κ1) is 18.8. The molecule has 1 amide bonds. The molecule has 1 N–H and O–H groups in total. The zero-order chi connectivity index (χ0) is 18.1. The molecule has 0 aliphatic carbocycles. The molecule has 136 valence electrons. The Labute approximate surface area is 140 Å². The summed E-state index contributed by atoms with van der Waals surface area (Å²) in [7, 11) is 1.37. The molecule has 1 aliphatic rings. The van der Waals surface area contributed by atoms with Crippen LogP contribution in [0.5, 0.6) is 0 Å². The average Bonchev–Trinajstić information content (AvgIpc) is 2.79. The second-order valence-corrected chi connectivity index (χ2v) is 7.10. The lowest BCUT2D eigenvalue weighted by Gasteiger charge is -2.36. The zero-order valence-electron chi connectivity index (χ0n) is 14.5. The van der Waals surface area contributed by atoms with Gasteiger partial charge >= 0.3 is 6.18 Å². The number of carbonyl (C=O) groups is 1. The summed E-state index contributed by atoms with van der Waals surface area (Å²) in [5.41, 5.74) is -1.58. The number of halogens is 3. The Hall–Kier alpha value is -1.57. The van der Waals surface area contributed by atoms with Gasteiger partial charge in [-0.15, -0.1) is 0 Å². The molecule has 3 atom stereocenters. The van der Waals surface area contributed by atoms with Crippen LogP contribution in [0.25, 0.3) is 0 Å². The van der Waals surface area contributed by atoms with E-state index in [1.54, 1.807) is 0 Å². The lowest BCUT2D eigenvalue weighted by atomic mass is 9.92. The van der Waals surface area contributed by atoms with Crippen LogP contribution in [0.2, 0.25) is 0 Å². The normalized spacial score (nSPS) is 24.0. The van der Waals surface area contributed by atoms with Gasteiger partial charge in [0.15, 0.2) is 5.69 Å². The molecule has 1 fully saturated rings. The van der Waals surface area contributed by atoms with Gasteiger partial charge in [0.25, 0.3) is 5.91 Å². The minimum atomic E-state index is -4.64. The fourth-order valence-corrected chi connectivity index (χ4v) is 3.54. The first-order valence-electron chi connectivity index (χ1n) is 8.20. The summed E-state index contributed by atoms with van der Waals surface area (Å²) in [4.78, 5) is 14.5. The van der Waals surface area contributed by atoms with Gasteiger partial charge in [0.05, 0.1) is 5.56 Å². The van der Waals surface area contributed by atoms with E-state index in [0.29, 0.717) is 18.4 Å². The molecule has 0 radical (unpaired) electrons. The Bertz CT molecular complexity index is 574. The summed E-state index contributed by atoms with van der Waals surface area (Å²) in [5.74, 6) is 0.444. The van der Waals surface area contributed by atoms with Gasteiger partial charge in [0.2, 0.25) is 0 Å². The number of aryl methyl sites for hydroxylation is 1. The third-order valence-electron chi connectivity index (χ3n) is 4.20. The Kier molecular flexibility index (Phi) is 5.57. The SMILES string of the molecule is CC1CC(C)CN(CC(C)NC(=O)c2cn(C)nc2C(F)(F)F)C1. The van der Waals surface area contributed by atoms with Crippen molar-refractivity contribution in [3.05, 3.63) is 17.5 Å². The minimum Gasteiger partial charge on any atom is -0.348 e. The molecule has 1 aromatic rings. The first-order chi connectivity index (χ1) is 11.1. The van der Waals surface area contributed by atoms with Crippen molar-refractivity contribution in [2.45, 2.75) is 39.4 Å². The highest BCUT2D eigenvalue weighted by Crippen LogP contribution is 2.30. The highest BCUT2D eigenvalue weighted by atomic mass is 19.4. The Morgan fingerprint density at radius 3 is 2.50 bits per heavy atom. The van der Waals surface area contributed by atoms with Crippen LogP contribution in [0.4, 0.5) is 13.2 Å². The molecular weight excluding hydrogens is 321 g/mol. The van der Waals surface area contributed by atoms with Gasteiger partial charge in [-0.3, -0.25) is 9.48 Å². The van der Waals surface area contributed by atoms with Gasteiger partial charge in [-0.1, -0.05) is 13.8 Å². The van der Waals surface area contributed by atoms with E-state index in [1.165, 1.54) is 13.5 Å². The lowest BCUT2D eigenvalue weighted by molar-refractivity contribution is -0.141. The van der Waals surface area contributed by atoms with Crippen LogP contribution in [-0.2, 0) is 13.2 Å². The van der Waals surface area contributed by atoms with Gasteiger partial charge in [0.1, 0.15) is 0 Å². The molecule has 1 saturated heterocycles. The molecule has 8 heteroatoms. The number of rotatable bonds is 4. The molecule has 0 saturated carbocycles. The highest BCUT2D eigenvalue weighted by molar-refractivity contribution is 5.95. The van der Waals surface area contributed by atoms with Crippen molar-refractivity contribution < 1.29 is 18.0 Å². The van der Waals surface area contributed by atoms with E-state index in [-0.39, 0.29) is 6.04 Å². The van der Waals surface area contributed by atoms with E-state index in [0.717, 1.165) is 24.0 Å². The van der Waals surface area contributed by atoms with E-state index in [1.807, 2.05) is 6.92 Å². The number of alkyl halides is 3. The smallest absolute Gasteiger partial charge is 0.348 e. The molecule has 0 bridgehead atoms. The van der Waals surface area contributed by atoms with Crippen LogP contribution in [0.15, 0.2) is 6.20 Å². The Morgan fingerprint density at radius 2 is 1.96 bits per heavy atom. The van der Waals surface area contributed by atoms with Gasteiger partial charge in [-0.05, 0) is 25.2 Å². The highest BCUT2D eigenvalue weighted by Gasteiger charge is 2.39. The van der Waals surface area contributed by atoms with E-state index >= 15 is 0 Å². The van der Waals surface area contributed by atoms with E-state index < -0.39 is 23.3 Å². The number of aromatic nitrogens is 2. The predicted octanol–water partition coefficient (Wildman–Crippen LogP) is 2.54. The molecule has 3 unspecified atom stereocenters. The van der Waals surface area contributed by atoms with Gasteiger partial charge in [-0.2, -0.15) is 18.3 Å². The van der Waals surface area contributed by atoms with Crippen molar-refractivity contribution >= 4 is 5.91 Å². The van der Waals surface area contributed by atoms with Crippen molar-refractivity contribution in [2.75, 3.05) is 19.6 Å². The number of hydrogen-bond donors (Lipinski definition) is 1. The molecule has 2 rings (SSSR count). The molecule has 1 aromatic heterocycles. The monoisotopic (exact) mass is 346 g/mol. The summed E-state index contributed by atoms with van der Waals surface area (Å²) in [6, 6.07) is -0.240. The standard InChI is InChI=1S/C16H25F3N4O/c1-10-5-11(2)7-23(6-10)8-12(3)20-15(24)13-9-22(4)21-14(13)16(17,18)19/h9-12H,5-8H2,1-4H3,(H,20,24). The third-order valence-corrected chi connectivity index (χ3v) is 4.20. The fraction of sp³-hybridized carbons (Fsp3) is 0.750. The average molecular weight is 346 g/mol. The molecule has 0 spiro atoms. The van der Waals surface area contributed by atoms with Crippen molar-refractivity contribution in [3.8, 4) is 0 Å². The third kappa shape index (κ3) is 4.72. The van der Waals surface area contributed by atoms with Crippen LogP contribution >= 0.6 is 0 Å². The number of hydrogen-bond acceptors (Lipinski definition) is 3. The van der Waals surface area contributed by atoms with Gasteiger partial charge in [0, 0.05) is 38.9 Å². The molecule has 5 nitrogen and oxygen atoms in total. The molecule has 0 aromatic carbocycles. The maximum atomic E-state index is 13.0. The van der Waals surface area contributed by atoms with Crippen LogP contribution < -0.4 is 5.32 Å².